The Morgan fingerprint density at radius 3 is 2.93 bits per heavy atom. The predicted molar refractivity (Wildman–Crippen MR) is 59.3 cm³/mol. The number of likely N-dealkylation sites (N-methyl/N-ethyl adjacent to an activating group) is 1. The monoisotopic (exact) mass is 212 g/mol. The predicted octanol–water partition coefficient (Wildman–Crippen LogP) is 1.10. The molecule has 1 rings (SSSR count). The second-order valence-electron chi connectivity index (χ2n) is 3.38. The summed E-state index contributed by atoms with van der Waals surface area (Å²) >= 11 is 1.72. The molecule has 0 saturated heterocycles. The minimum atomic E-state index is -0.400. The lowest BCUT2D eigenvalue weighted by molar-refractivity contribution is -0.130. The molecule has 1 aromatic heterocycles. The Kier molecular flexibility index (Phi) is 4.10. The number of amides is 1. The minimum Gasteiger partial charge on any atom is -0.344 e. The molecule has 0 spiro atoms. The molecule has 4 heteroatoms. The van der Waals surface area contributed by atoms with Crippen molar-refractivity contribution in [2.45, 2.75) is 19.4 Å². The van der Waals surface area contributed by atoms with Gasteiger partial charge in [0.15, 0.2) is 0 Å². The van der Waals surface area contributed by atoms with Gasteiger partial charge in [-0.15, -0.1) is 11.3 Å². The van der Waals surface area contributed by atoms with Gasteiger partial charge < -0.3 is 10.6 Å². The van der Waals surface area contributed by atoms with Gasteiger partial charge in [0.05, 0.1) is 6.04 Å². The summed E-state index contributed by atoms with van der Waals surface area (Å²) in [6.45, 7) is 2.45. The van der Waals surface area contributed by atoms with Crippen molar-refractivity contribution in [3.8, 4) is 0 Å². The van der Waals surface area contributed by atoms with Gasteiger partial charge in [0.1, 0.15) is 0 Å². The molecule has 0 aliphatic carbocycles. The van der Waals surface area contributed by atoms with Gasteiger partial charge in [-0.05, 0) is 24.8 Å². The quantitative estimate of drug-likeness (QED) is 0.812. The van der Waals surface area contributed by atoms with Crippen molar-refractivity contribution in [3.63, 3.8) is 0 Å². The lowest BCUT2D eigenvalue weighted by Crippen LogP contribution is -2.40. The molecule has 1 heterocycles. The summed E-state index contributed by atoms with van der Waals surface area (Å²) in [5, 5.41) is 2.04. The third-order valence-corrected chi connectivity index (χ3v) is 2.98. The van der Waals surface area contributed by atoms with E-state index in [1.807, 2.05) is 11.4 Å². The zero-order valence-corrected chi connectivity index (χ0v) is 9.38. The molecular weight excluding hydrogens is 196 g/mol. The highest BCUT2D eigenvalue weighted by Gasteiger charge is 2.12. The molecule has 0 aliphatic rings. The number of hydrogen-bond donors (Lipinski definition) is 1. The van der Waals surface area contributed by atoms with Crippen molar-refractivity contribution in [1.29, 1.82) is 0 Å². The SMILES string of the molecule is C[C@H](N)C(=O)N(C)CCc1cccs1. The van der Waals surface area contributed by atoms with E-state index >= 15 is 0 Å². The molecule has 0 saturated carbocycles. The zero-order valence-electron chi connectivity index (χ0n) is 8.56. The van der Waals surface area contributed by atoms with Crippen LogP contribution in [0.5, 0.6) is 0 Å². The lowest BCUT2D eigenvalue weighted by atomic mass is 10.3. The number of hydrogen-bond acceptors (Lipinski definition) is 3. The summed E-state index contributed by atoms with van der Waals surface area (Å²) < 4.78 is 0. The number of carbonyl (C=O) groups is 1. The first-order valence-electron chi connectivity index (χ1n) is 4.64. The van der Waals surface area contributed by atoms with Gasteiger partial charge in [-0.25, -0.2) is 0 Å². The highest BCUT2D eigenvalue weighted by Crippen LogP contribution is 2.09. The maximum Gasteiger partial charge on any atom is 0.238 e. The maximum absolute atomic E-state index is 11.4. The van der Waals surface area contributed by atoms with Crippen LogP contribution in [0, 0.1) is 0 Å². The van der Waals surface area contributed by atoms with E-state index in [4.69, 9.17) is 5.73 Å². The second kappa shape index (κ2) is 5.12. The summed E-state index contributed by atoms with van der Waals surface area (Å²) in [7, 11) is 1.79. The van der Waals surface area contributed by atoms with Crippen LogP contribution >= 0.6 is 11.3 Å². The lowest BCUT2D eigenvalue weighted by Gasteiger charge is -2.18. The van der Waals surface area contributed by atoms with E-state index in [1.54, 1.807) is 30.2 Å². The third-order valence-electron chi connectivity index (χ3n) is 2.04. The average Bonchev–Trinajstić information content (AvgIpc) is 2.65. The summed E-state index contributed by atoms with van der Waals surface area (Å²) in [6.07, 6.45) is 0.909. The normalized spacial score (nSPS) is 12.5. The Morgan fingerprint density at radius 1 is 1.71 bits per heavy atom. The van der Waals surface area contributed by atoms with Gasteiger partial charge in [-0.1, -0.05) is 6.07 Å². The topological polar surface area (TPSA) is 46.3 Å². The fraction of sp³-hybridized carbons (Fsp3) is 0.500. The molecule has 1 amide bonds. The number of nitrogens with two attached hydrogens (primary N) is 1. The third kappa shape index (κ3) is 3.12. The van der Waals surface area contributed by atoms with E-state index in [0.29, 0.717) is 0 Å². The highest BCUT2D eigenvalue weighted by atomic mass is 32.1. The van der Waals surface area contributed by atoms with Gasteiger partial charge >= 0.3 is 0 Å². The van der Waals surface area contributed by atoms with Crippen LogP contribution in [0.25, 0.3) is 0 Å². The van der Waals surface area contributed by atoms with Crippen LogP contribution in [0.1, 0.15) is 11.8 Å². The second-order valence-corrected chi connectivity index (χ2v) is 4.41. The molecule has 1 atom stereocenters. The molecule has 78 valence electrons. The standard InChI is InChI=1S/C10H16N2OS/c1-8(11)10(13)12(2)6-5-9-4-3-7-14-9/h3-4,7-8H,5-6,11H2,1-2H3/t8-/m0/s1. The van der Waals surface area contributed by atoms with Crippen LogP contribution in [0.15, 0.2) is 17.5 Å². The first-order valence-corrected chi connectivity index (χ1v) is 5.52. The van der Waals surface area contributed by atoms with Crippen LogP contribution in [-0.4, -0.2) is 30.4 Å². The first-order chi connectivity index (χ1) is 6.61. The van der Waals surface area contributed by atoms with Crippen molar-refractivity contribution in [2.75, 3.05) is 13.6 Å². The largest absolute Gasteiger partial charge is 0.344 e. The molecule has 0 bridgehead atoms. The van der Waals surface area contributed by atoms with Crippen LogP contribution < -0.4 is 5.73 Å². The molecule has 0 aromatic carbocycles. The summed E-state index contributed by atoms with van der Waals surface area (Å²) in [5.74, 6) is 0.00144. The van der Waals surface area contributed by atoms with Gasteiger partial charge in [0, 0.05) is 18.5 Å². The van der Waals surface area contributed by atoms with E-state index in [0.717, 1.165) is 13.0 Å². The fourth-order valence-corrected chi connectivity index (χ4v) is 1.89. The van der Waals surface area contributed by atoms with Crippen molar-refractivity contribution in [3.05, 3.63) is 22.4 Å². The van der Waals surface area contributed by atoms with E-state index < -0.39 is 6.04 Å². The Morgan fingerprint density at radius 2 is 2.43 bits per heavy atom. The molecular formula is C10H16N2OS. The maximum atomic E-state index is 11.4. The zero-order chi connectivity index (χ0) is 10.6. The van der Waals surface area contributed by atoms with E-state index in [9.17, 15) is 4.79 Å². The molecule has 2 N–H and O–H groups in total. The Balaban J connectivity index is 2.35. The van der Waals surface area contributed by atoms with E-state index in [1.165, 1.54) is 4.88 Å². The highest BCUT2D eigenvalue weighted by molar-refractivity contribution is 7.09. The molecule has 14 heavy (non-hydrogen) atoms. The van der Waals surface area contributed by atoms with E-state index in [-0.39, 0.29) is 5.91 Å². The van der Waals surface area contributed by atoms with Crippen molar-refractivity contribution in [2.24, 2.45) is 5.73 Å². The van der Waals surface area contributed by atoms with Crippen LogP contribution in [-0.2, 0) is 11.2 Å². The van der Waals surface area contributed by atoms with Crippen LogP contribution in [0.4, 0.5) is 0 Å². The molecule has 0 aliphatic heterocycles. The van der Waals surface area contributed by atoms with Crippen LogP contribution in [0.3, 0.4) is 0 Å². The van der Waals surface area contributed by atoms with E-state index in [2.05, 4.69) is 6.07 Å². The molecule has 0 radical (unpaired) electrons. The summed E-state index contributed by atoms with van der Waals surface area (Å²) in [5.41, 5.74) is 5.50. The Bertz CT molecular complexity index is 282. The number of nitrogens with zero attached hydrogens (tertiary/aromatic N) is 1. The first kappa shape index (κ1) is 11.2. The van der Waals surface area contributed by atoms with Crippen LogP contribution in [0.2, 0.25) is 0 Å². The van der Waals surface area contributed by atoms with Gasteiger partial charge in [-0.3, -0.25) is 4.79 Å². The average molecular weight is 212 g/mol. The number of rotatable bonds is 4. The molecule has 0 unspecified atom stereocenters. The van der Waals surface area contributed by atoms with Crippen molar-refractivity contribution >= 4 is 17.2 Å². The van der Waals surface area contributed by atoms with Gasteiger partial charge in [0.2, 0.25) is 5.91 Å². The fourth-order valence-electron chi connectivity index (χ4n) is 1.19. The number of carbonyl (C=O) groups excluding carboxylic acids is 1. The summed E-state index contributed by atoms with van der Waals surface area (Å²) in [6, 6.07) is 3.70. The summed E-state index contributed by atoms with van der Waals surface area (Å²) in [4.78, 5) is 14.4. The molecule has 3 nitrogen and oxygen atoms in total. The smallest absolute Gasteiger partial charge is 0.238 e. The Hall–Kier alpha value is -0.870. The van der Waals surface area contributed by atoms with Crippen molar-refractivity contribution in [1.82, 2.24) is 4.90 Å². The number of thiophene rings is 1. The Labute approximate surface area is 88.5 Å². The molecule has 0 fully saturated rings. The van der Waals surface area contributed by atoms with Gasteiger partial charge in [-0.2, -0.15) is 0 Å². The molecule has 1 aromatic rings. The van der Waals surface area contributed by atoms with Crippen molar-refractivity contribution < 1.29 is 4.79 Å². The minimum absolute atomic E-state index is 0.00144. The van der Waals surface area contributed by atoms with Gasteiger partial charge in [0.25, 0.3) is 0 Å².